The number of ether oxygens (including phenoxy) is 3. The molecular weight excluding hydrogens is 913 g/mol. The lowest BCUT2D eigenvalue weighted by Crippen LogP contribution is -2.30. The van der Waals surface area contributed by atoms with Crippen molar-refractivity contribution in [3.63, 3.8) is 0 Å². The van der Waals surface area contributed by atoms with Gasteiger partial charge < -0.3 is 14.2 Å². The van der Waals surface area contributed by atoms with E-state index < -0.39 is 6.10 Å². The fraction of sp³-hybridized carbons (Fsp3) is 0.662. The van der Waals surface area contributed by atoms with E-state index in [0.717, 1.165) is 135 Å². The van der Waals surface area contributed by atoms with Gasteiger partial charge in [0.1, 0.15) is 13.2 Å². The summed E-state index contributed by atoms with van der Waals surface area (Å²) in [5, 5.41) is 0. The van der Waals surface area contributed by atoms with E-state index in [1.807, 2.05) is 0 Å². The highest BCUT2D eigenvalue weighted by Crippen LogP contribution is 2.14. The van der Waals surface area contributed by atoms with E-state index in [1.54, 1.807) is 0 Å². The molecular formula is C68H112O6. The molecule has 0 aromatic carbocycles. The predicted octanol–water partition coefficient (Wildman–Crippen LogP) is 20.8. The molecule has 0 aromatic rings. The molecule has 0 aliphatic carbocycles. The summed E-state index contributed by atoms with van der Waals surface area (Å²) >= 11 is 0. The Morgan fingerprint density at radius 1 is 0.284 bits per heavy atom. The lowest BCUT2D eigenvalue weighted by atomic mass is 10.1. The van der Waals surface area contributed by atoms with E-state index in [-0.39, 0.29) is 31.1 Å². The molecule has 0 aliphatic heterocycles. The second-order valence-electron chi connectivity index (χ2n) is 19.9. The highest BCUT2D eigenvalue weighted by Gasteiger charge is 2.19. The van der Waals surface area contributed by atoms with Gasteiger partial charge in [0.15, 0.2) is 6.10 Å². The van der Waals surface area contributed by atoms with Gasteiger partial charge in [-0.25, -0.2) is 0 Å². The summed E-state index contributed by atoms with van der Waals surface area (Å²) in [6.07, 6.45) is 84.7. The summed E-state index contributed by atoms with van der Waals surface area (Å²) in [4.78, 5) is 38.2. The highest BCUT2D eigenvalue weighted by atomic mass is 16.6. The quantitative estimate of drug-likeness (QED) is 0.0261. The zero-order valence-electron chi connectivity index (χ0n) is 48.1. The van der Waals surface area contributed by atoms with Crippen molar-refractivity contribution in [2.75, 3.05) is 13.2 Å². The first-order valence-electron chi connectivity index (χ1n) is 30.5. The first-order valence-corrected chi connectivity index (χ1v) is 30.5. The van der Waals surface area contributed by atoms with Crippen molar-refractivity contribution in [1.29, 1.82) is 0 Å². The summed E-state index contributed by atoms with van der Waals surface area (Å²) < 4.78 is 16.9. The molecule has 0 radical (unpaired) electrons. The summed E-state index contributed by atoms with van der Waals surface area (Å²) in [6, 6.07) is 0. The van der Waals surface area contributed by atoms with Crippen LogP contribution in [0.15, 0.2) is 122 Å². The number of hydrogen-bond acceptors (Lipinski definition) is 6. The third kappa shape index (κ3) is 58.7. The monoisotopic (exact) mass is 1020 g/mol. The molecule has 0 aromatic heterocycles. The second-order valence-corrected chi connectivity index (χ2v) is 19.9. The molecule has 0 spiro atoms. The number of unbranched alkanes of at least 4 members (excludes halogenated alkanes) is 23. The van der Waals surface area contributed by atoms with Gasteiger partial charge in [0.25, 0.3) is 0 Å². The summed E-state index contributed by atoms with van der Waals surface area (Å²) in [5.74, 6) is -0.948. The Labute approximate surface area is 456 Å². The van der Waals surface area contributed by atoms with Crippen LogP contribution in [0.4, 0.5) is 0 Å². The SMILES string of the molecule is CC/C=C\C/C=C\C/C=C\C/C=C\C/C=C\C/C=C\C/C=C\CCCCCC(=O)OCC(COC(=O)CCCCCCC/C=C\CCCCCC)OC(=O)CCCCCCCCC/C=C\C/C=C\CCCCCC. The van der Waals surface area contributed by atoms with E-state index in [1.165, 1.54) is 96.3 Å². The van der Waals surface area contributed by atoms with Crippen molar-refractivity contribution >= 4 is 17.9 Å². The molecule has 0 saturated heterocycles. The lowest BCUT2D eigenvalue weighted by molar-refractivity contribution is -0.167. The van der Waals surface area contributed by atoms with Crippen molar-refractivity contribution in [2.24, 2.45) is 0 Å². The van der Waals surface area contributed by atoms with Crippen LogP contribution in [0.5, 0.6) is 0 Å². The van der Waals surface area contributed by atoms with Gasteiger partial charge in [0, 0.05) is 19.3 Å². The van der Waals surface area contributed by atoms with Crippen molar-refractivity contribution in [3.8, 4) is 0 Å². The van der Waals surface area contributed by atoms with Gasteiger partial charge in [-0.3, -0.25) is 14.4 Å². The molecule has 420 valence electrons. The van der Waals surface area contributed by atoms with Gasteiger partial charge in [-0.2, -0.15) is 0 Å². The molecule has 0 amide bonds. The maximum atomic E-state index is 12.9. The van der Waals surface area contributed by atoms with E-state index >= 15 is 0 Å². The summed E-state index contributed by atoms with van der Waals surface area (Å²) in [5.41, 5.74) is 0. The molecule has 74 heavy (non-hydrogen) atoms. The van der Waals surface area contributed by atoms with Crippen LogP contribution in [-0.2, 0) is 28.6 Å². The van der Waals surface area contributed by atoms with Crippen LogP contribution in [-0.4, -0.2) is 37.2 Å². The van der Waals surface area contributed by atoms with Gasteiger partial charge in [0.2, 0.25) is 0 Å². The molecule has 0 bridgehead atoms. The highest BCUT2D eigenvalue weighted by molar-refractivity contribution is 5.71. The van der Waals surface area contributed by atoms with Gasteiger partial charge in [-0.15, -0.1) is 0 Å². The van der Waals surface area contributed by atoms with Crippen LogP contribution >= 0.6 is 0 Å². The van der Waals surface area contributed by atoms with Crippen LogP contribution in [0.2, 0.25) is 0 Å². The van der Waals surface area contributed by atoms with Gasteiger partial charge >= 0.3 is 17.9 Å². The number of esters is 3. The molecule has 0 rings (SSSR count). The number of carbonyl (C=O) groups excluding carboxylic acids is 3. The minimum absolute atomic E-state index is 0.0987. The van der Waals surface area contributed by atoms with Crippen LogP contribution in [0, 0.1) is 0 Å². The van der Waals surface area contributed by atoms with Gasteiger partial charge in [0.05, 0.1) is 0 Å². The Kier molecular flexibility index (Phi) is 57.9. The average molecular weight is 1030 g/mol. The minimum atomic E-state index is -0.804. The van der Waals surface area contributed by atoms with E-state index in [9.17, 15) is 14.4 Å². The van der Waals surface area contributed by atoms with E-state index in [2.05, 4.69) is 142 Å². The number of hydrogen-bond donors (Lipinski definition) is 0. The summed E-state index contributed by atoms with van der Waals surface area (Å²) in [7, 11) is 0. The molecule has 0 heterocycles. The fourth-order valence-electron chi connectivity index (χ4n) is 8.09. The van der Waals surface area contributed by atoms with Crippen LogP contribution in [0.3, 0.4) is 0 Å². The molecule has 0 aliphatic rings. The summed E-state index contributed by atoms with van der Waals surface area (Å²) in [6.45, 7) is 6.46. The minimum Gasteiger partial charge on any atom is -0.462 e. The van der Waals surface area contributed by atoms with Crippen LogP contribution in [0.1, 0.15) is 271 Å². The van der Waals surface area contributed by atoms with Crippen LogP contribution < -0.4 is 0 Å². The molecule has 1 unspecified atom stereocenters. The van der Waals surface area contributed by atoms with E-state index in [4.69, 9.17) is 14.2 Å². The zero-order chi connectivity index (χ0) is 53.6. The molecule has 0 saturated carbocycles. The topological polar surface area (TPSA) is 78.9 Å². The molecule has 0 fully saturated rings. The third-order valence-corrected chi connectivity index (χ3v) is 12.7. The number of allylic oxidation sites excluding steroid dienone is 20. The number of carbonyl (C=O) groups is 3. The third-order valence-electron chi connectivity index (χ3n) is 12.7. The Bertz CT molecular complexity index is 1550. The Hall–Kier alpha value is -4.19. The first-order chi connectivity index (χ1) is 36.5. The van der Waals surface area contributed by atoms with E-state index in [0.29, 0.717) is 19.3 Å². The molecule has 1 atom stereocenters. The average Bonchev–Trinajstić information content (AvgIpc) is 3.40. The Morgan fingerprint density at radius 3 is 0.851 bits per heavy atom. The first kappa shape index (κ1) is 69.8. The van der Waals surface area contributed by atoms with Gasteiger partial charge in [-0.05, 0) is 135 Å². The van der Waals surface area contributed by atoms with Crippen molar-refractivity contribution in [1.82, 2.24) is 0 Å². The smallest absolute Gasteiger partial charge is 0.306 e. The van der Waals surface area contributed by atoms with Crippen LogP contribution in [0.25, 0.3) is 0 Å². The maximum absolute atomic E-state index is 12.9. The Morgan fingerprint density at radius 2 is 0.527 bits per heavy atom. The second kappa shape index (κ2) is 61.4. The zero-order valence-corrected chi connectivity index (χ0v) is 48.1. The van der Waals surface area contributed by atoms with Crippen molar-refractivity contribution in [3.05, 3.63) is 122 Å². The van der Waals surface area contributed by atoms with Crippen molar-refractivity contribution < 1.29 is 28.6 Å². The van der Waals surface area contributed by atoms with Gasteiger partial charge in [-0.1, -0.05) is 239 Å². The Balaban J connectivity index is 4.45. The predicted molar refractivity (Wildman–Crippen MR) is 320 cm³/mol. The molecule has 0 N–H and O–H groups in total. The van der Waals surface area contributed by atoms with Crippen molar-refractivity contribution in [2.45, 2.75) is 277 Å². The standard InChI is InChI=1S/C68H112O6/c1-4-7-10-13-16-19-22-25-27-29-31-32-33-34-35-36-37-39-40-43-46-49-52-55-58-61-67(70)73-64-65(63-72-66(69)60-57-54-51-48-45-42-24-21-18-15-12-9-6-3)74-68(71)62-59-56-53-50-47-44-41-38-30-28-26-23-20-17-14-11-8-5-2/h7,10,16,19-21,23-25,27-28,30-32,34-35,37,39,43,46,65H,4-6,8-9,11-15,17-18,22,26,29,33,36,38,40-42,44-45,47-64H2,1-3H3/b10-7-,19-16-,23-20-,24-21-,27-25-,30-28-,32-31-,35-34-,39-37-,46-43-. The fourth-order valence-corrected chi connectivity index (χ4v) is 8.09. The number of rotatable bonds is 54. The normalized spacial score (nSPS) is 13.0. The largest absolute Gasteiger partial charge is 0.462 e. The maximum Gasteiger partial charge on any atom is 0.306 e. The molecule has 6 heteroatoms. The lowest BCUT2D eigenvalue weighted by Gasteiger charge is -2.18. The molecule has 6 nitrogen and oxygen atoms in total.